The summed E-state index contributed by atoms with van der Waals surface area (Å²) in [5.41, 5.74) is 5.85. The summed E-state index contributed by atoms with van der Waals surface area (Å²) in [6.07, 6.45) is 0. The Morgan fingerprint density at radius 3 is 2.00 bits per heavy atom. The summed E-state index contributed by atoms with van der Waals surface area (Å²) in [5, 5.41) is 0. The van der Waals surface area contributed by atoms with E-state index >= 15 is 0 Å². The molecule has 0 amide bonds. The fourth-order valence-corrected chi connectivity index (χ4v) is 1.56. The Morgan fingerprint density at radius 2 is 1.58 bits per heavy atom. The third kappa shape index (κ3) is 2.44. The second kappa shape index (κ2) is 4.21. The van der Waals surface area contributed by atoms with Gasteiger partial charge < -0.3 is 10.6 Å². The van der Waals surface area contributed by atoms with E-state index in [0.717, 1.165) is 0 Å². The second-order valence-electron chi connectivity index (χ2n) is 3.94. The molecule has 0 spiro atoms. The highest BCUT2D eigenvalue weighted by Gasteiger charge is 2.20. The summed E-state index contributed by atoms with van der Waals surface area (Å²) >= 11 is 0. The van der Waals surface area contributed by atoms with Crippen molar-refractivity contribution in [3.8, 4) is 0 Å². The van der Waals surface area contributed by atoms with Gasteiger partial charge in [-0.05, 0) is 20.9 Å². The molecular formula is C9H21N3. The van der Waals surface area contributed by atoms with Gasteiger partial charge in [0.15, 0.2) is 0 Å². The molecule has 72 valence electrons. The van der Waals surface area contributed by atoms with Gasteiger partial charge in [0, 0.05) is 38.3 Å². The summed E-state index contributed by atoms with van der Waals surface area (Å²) in [7, 11) is 2.17. The largest absolute Gasteiger partial charge is 0.327 e. The summed E-state index contributed by atoms with van der Waals surface area (Å²) in [4.78, 5) is 4.84. The van der Waals surface area contributed by atoms with E-state index in [9.17, 15) is 0 Å². The van der Waals surface area contributed by atoms with E-state index in [1.807, 2.05) is 0 Å². The zero-order valence-corrected chi connectivity index (χ0v) is 8.45. The maximum Gasteiger partial charge on any atom is 0.0217 e. The first-order chi connectivity index (χ1) is 5.61. The van der Waals surface area contributed by atoms with Crippen LogP contribution in [0.1, 0.15) is 13.8 Å². The van der Waals surface area contributed by atoms with Crippen molar-refractivity contribution in [2.24, 2.45) is 5.73 Å². The minimum atomic E-state index is 0.286. The van der Waals surface area contributed by atoms with Crippen molar-refractivity contribution in [3.63, 3.8) is 0 Å². The lowest BCUT2D eigenvalue weighted by Crippen LogP contribution is -2.52. The Kier molecular flexibility index (Phi) is 3.50. The van der Waals surface area contributed by atoms with E-state index in [2.05, 4.69) is 30.7 Å². The quantitative estimate of drug-likeness (QED) is 0.633. The average molecular weight is 171 g/mol. The third-order valence-electron chi connectivity index (χ3n) is 2.87. The lowest BCUT2D eigenvalue weighted by atomic mass is 10.1. The molecule has 0 aromatic carbocycles. The molecule has 1 fully saturated rings. The molecule has 0 unspecified atom stereocenters. The SMILES string of the molecule is C[C@H]([C@@H](C)N)N1CCN(C)CC1. The zero-order chi connectivity index (χ0) is 9.14. The van der Waals surface area contributed by atoms with Crippen LogP contribution in [0.2, 0.25) is 0 Å². The average Bonchev–Trinajstić information content (AvgIpc) is 2.04. The van der Waals surface area contributed by atoms with E-state index in [1.54, 1.807) is 0 Å². The van der Waals surface area contributed by atoms with Crippen molar-refractivity contribution in [1.82, 2.24) is 9.80 Å². The van der Waals surface area contributed by atoms with Crippen molar-refractivity contribution in [3.05, 3.63) is 0 Å². The molecule has 1 aliphatic heterocycles. The maximum atomic E-state index is 5.85. The number of piperazine rings is 1. The predicted molar refractivity (Wildman–Crippen MR) is 52.2 cm³/mol. The first kappa shape index (κ1) is 9.96. The van der Waals surface area contributed by atoms with Crippen LogP contribution < -0.4 is 5.73 Å². The van der Waals surface area contributed by atoms with Gasteiger partial charge in [-0.15, -0.1) is 0 Å². The standard InChI is InChI=1S/C9H21N3/c1-8(10)9(2)12-6-4-11(3)5-7-12/h8-9H,4-7,10H2,1-3H3/t8-,9-/m1/s1. The first-order valence-electron chi connectivity index (χ1n) is 4.79. The third-order valence-corrected chi connectivity index (χ3v) is 2.87. The van der Waals surface area contributed by atoms with E-state index in [1.165, 1.54) is 26.2 Å². The molecule has 0 saturated carbocycles. The Bertz CT molecular complexity index is 128. The molecule has 0 radical (unpaired) electrons. The lowest BCUT2D eigenvalue weighted by Gasteiger charge is -2.37. The molecule has 0 aromatic rings. The van der Waals surface area contributed by atoms with Gasteiger partial charge in [-0.25, -0.2) is 0 Å². The highest BCUT2D eigenvalue weighted by atomic mass is 15.3. The summed E-state index contributed by atoms with van der Waals surface area (Å²) in [6, 6.07) is 0.812. The lowest BCUT2D eigenvalue weighted by molar-refractivity contribution is 0.109. The summed E-state index contributed by atoms with van der Waals surface area (Å²) < 4.78 is 0. The number of rotatable bonds is 2. The smallest absolute Gasteiger partial charge is 0.0217 e. The molecule has 2 atom stereocenters. The van der Waals surface area contributed by atoms with Crippen LogP contribution in [0.4, 0.5) is 0 Å². The van der Waals surface area contributed by atoms with Gasteiger partial charge in [0.1, 0.15) is 0 Å². The molecule has 1 saturated heterocycles. The minimum Gasteiger partial charge on any atom is -0.327 e. The molecule has 12 heavy (non-hydrogen) atoms. The second-order valence-corrected chi connectivity index (χ2v) is 3.94. The summed E-state index contributed by atoms with van der Waals surface area (Å²) in [6.45, 7) is 8.99. The van der Waals surface area contributed by atoms with Gasteiger partial charge in [0.25, 0.3) is 0 Å². The maximum absolute atomic E-state index is 5.85. The van der Waals surface area contributed by atoms with Gasteiger partial charge >= 0.3 is 0 Å². The summed E-state index contributed by atoms with van der Waals surface area (Å²) in [5.74, 6) is 0. The predicted octanol–water partition coefficient (Wildman–Crippen LogP) is -0.0305. The fraction of sp³-hybridized carbons (Fsp3) is 1.00. The highest BCUT2D eigenvalue weighted by molar-refractivity contribution is 4.79. The normalized spacial score (nSPS) is 27.0. The van der Waals surface area contributed by atoms with Gasteiger partial charge in [0.05, 0.1) is 0 Å². The molecule has 2 N–H and O–H groups in total. The monoisotopic (exact) mass is 171 g/mol. The Morgan fingerprint density at radius 1 is 1.08 bits per heavy atom. The molecule has 1 heterocycles. The van der Waals surface area contributed by atoms with Crippen LogP contribution in [-0.4, -0.2) is 55.1 Å². The fourth-order valence-electron chi connectivity index (χ4n) is 1.56. The Hall–Kier alpha value is -0.120. The van der Waals surface area contributed by atoms with Crippen LogP contribution in [0, 0.1) is 0 Å². The van der Waals surface area contributed by atoms with Gasteiger partial charge in [-0.1, -0.05) is 0 Å². The van der Waals surface area contributed by atoms with Crippen molar-refractivity contribution in [2.45, 2.75) is 25.9 Å². The number of nitrogens with two attached hydrogens (primary N) is 1. The number of hydrogen-bond acceptors (Lipinski definition) is 3. The molecule has 0 aromatic heterocycles. The zero-order valence-electron chi connectivity index (χ0n) is 8.45. The van der Waals surface area contributed by atoms with E-state index in [4.69, 9.17) is 5.73 Å². The molecule has 0 aliphatic carbocycles. The topological polar surface area (TPSA) is 32.5 Å². The van der Waals surface area contributed by atoms with Crippen LogP contribution >= 0.6 is 0 Å². The van der Waals surface area contributed by atoms with Crippen LogP contribution in [0.5, 0.6) is 0 Å². The molecule has 3 heteroatoms. The van der Waals surface area contributed by atoms with Gasteiger partial charge in [-0.2, -0.15) is 0 Å². The highest BCUT2D eigenvalue weighted by Crippen LogP contribution is 2.06. The van der Waals surface area contributed by atoms with Gasteiger partial charge in [0.2, 0.25) is 0 Å². The van der Waals surface area contributed by atoms with Crippen LogP contribution in [0.3, 0.4) is 0 Å². The molecular weight excluding hydrogens is 150 g/mol. The van der Waals surface area contributed by atoms with E-state index in [0.29, 0.717) is 6.04 Å². The first-order valence-corrected chi connectivity index (χ1v) is 4.79. The molecule has 3 nitrogen and oxygen atoms in total. The number of hydrogen-bond donors (Lipinski definition) is 1. The molecule has 1 aliphatic rings. The van der Waals surface area contributed by atoms with Crippen molar-refractivity contribution in [1.29, 1.82) is 0 Å². The van der Waals surface area contributed by atoms with E-state index in [-0.39, 0.29) is 6.04 Å². The Labute approximate surface area is 75.5 Å². The minimum absolute atomic E-state index is 0.286. The van der Waals surface area contributed by atoms with Crippen LogP contribution in [0.25, 0.3) is 0 Å². The van der Waals surface area contributed by atoms with Crippen LogP contribution in [0.15, 0.2) is 0 Å². The van der Waals surface area contributed by atoms with Gasteiger partial charge in [-0.3, -0.25) is 4.90 Å². The Balaban J connectivity index is 2.34. The molecule has 1 rings (SSSR count). The van der Waals surface area contributed by atoms with E-state index < -0.39 is 0 Å². The van der Waals surface area contributed by atoms with Crippen molar-refractivity contribution in [2.75, 3.05) is 33.2 Å². The number of likely N-dealkylation sites (N-methyl/N-ethyl adjacent to an activating group) is 1. The van der Waals surface area contributed by atoms with Crippen LogP contribution in [-0.2, 0) is 0 Å². The van der Waals surface area contributed by atoms with Crippen molar-refractivity contribution >= 4 is 0 Å². The number of nitrogens with zero attached hydrogens (tertiary/aromatic N) is 2. The van der Waals surface area contributed by atoms with Crippen molar-refractivity contribution < 1.29 is 0 Å². The molecule has 0 bridgehead atoms.